The predicted octanol–water partition coefficient (Wildman–Crippen LogP) is 4.04. The normalized spacial score (nSPS) is 17.6. The van der Waals surface area contributed by atoms with Crippen LogP contribution in [-0.4, -0.2) is 20.2 Å². The lowest BCUT2D eigenvalue weighted by molar-refractivity contribution is 0.269. The van der Waals surface area contributed by atoms with Crippen LogP contribution >= 0.6 is 0 Å². The lowest BCUT2D eigenvalue weighted by Crippen LogP contribution is -2.35. The van der Waals surface area contributed by atoms with Gasteiger partial charge in [-0.2, -0.15) is 0 Å². The maximum Gasteiger partial charge on any atom is 0.122 e. The summed E-state index contributed by atoms with van der Waals surface area (Å²) >= 11 is 0. The molecule has 0 radical (unpaired) electrons. The molecule has 0 spiro atoms. The molecule has 1 aliphatic carbocycles. The zero-order valence-electron chi connectivity index (χ0n) is 13.2. The van der Waals surface area contributed by atoms with Gasteiger partial charge in [0.2, 0.25) is 0 Å². The van der Waals surface area contributed by atoms with Crippen LogP contribution in [0.15, 0.2) is 24.3 Å². The Morgan fingerprint density at radius 3 is 2.55 bits per heavy atom. The van der Waals surface area contributed by atoms with Gasteiger partial charge in [-0.05, 0) is 48.8 Å². The molecular formula is C18H29NO. The first-order chi connectivity index (χ1) is 9.65. The van der Waals surface area contributed by atoms with Crippen molar-refractivity contribution < 1.29 is 4.74 Å². The maximum absolute atomic E-state index is 5.52. The van der Waals surface area contributed by atoms with Crippen molar-refractivity contribution in [1.29, 1.82) is 0 Å². The first-order valence-electron chi connectivity index (χ1n) is 7.98. The van der Waals surface area contributed by atoms with E-state index in [2.05, 4.69) is 43.4 Å². The third-order valence-electron chi connectivity index (χ3n) is 4.47. The lowest BCUT2D eigenvalue weighted by atomic mass is 9.79. The van der Waals surface area contributed by atoms with Crippen molar-refractivity contribution >= 4 is 0 Å². The zero-order chi connectivity index (χ0) is 14.4. The minimum Gasteiger partial charge on any atom is -0.496 e. The highest BCUT2D eigenvalue weighted by Gasteiger charge is 2.34. The number of ether oxygens (including phenoxy) is 1. The van der Waals surface area contributed by atoms with E-state index in [1.807, 2.05) is 0 Å². The molecule has 0 bridgehead atoms. The van der Waals surface area contributed by atoms with Crippen LogP contribution < -0.4 is 10.1 Å². The van der Waals surface area contributed by atoms with Crippen molar-refractivity contribution in [2.24, 2.45) is 11.3 Å². The topological polar surface area (TPSA) is 21.3 Å². The molecule has 1 aromatic rings. The Morgan fingerprint density at radius 1 is 1.20 bits per heavy atom. The number of nitrogens with one attached hydrogen (secondary N) is 1. The lowest BCUT2D eigenvalue weighted by Gasteiger charge is -2.30. The van der Waals surface area contributed by atoms with Crippen LogP contribution in [0.5, 0.6) is 5.75 Å². The minimum absolute atomic E-state index is 0.434. The van der Waals surface area contributed by atoms with Crippen LogP contribution in [0.4, 0.5) is 0 Å². The second-order valence-electron chi connectivity index (χ2n) is 6.72. The van der Waals surface area contributed by atoms with E-state index in [4.69, 9.17) is 4.74 Å². The van der Waals surface area contributed by atoms with Crippen LogP contribution in [0.1, 0.15) is 45.1 Å². The second-order valence-corrected chi connectivity index (χ2v) is 6.72. The van der Waals surface area contributed by atoms with E-state index in [-0.39, 0.29) is 0 Å². The van der Waals surface area contributed by atoms with Crippen molar-refractivity contribution in [3.05, 3.63) is 29.8 Å². The predicted molar refractivity (Wildman–Crippen MR) is 85.3 cm³/mol. The van der Waals surface area contributed by atoms with Gasteiger partial charge >= 0.3 is 0 Å². The van der Waals surface area contributed by atoms with Crippen molar-refractivity contribution in [3.63, 3.8) is 0 Å². The maximum atomic E-state index is 5.52. The monoisotopic (exact) mass is 275 g/mol. The molecule has 2 heteroatoms. The minimum atomic E-state index is 0.434. The second kappa shape index (κ2) is 7.12. The summed E-state index contributed by atoms with van der Waals surface area (Å²) in [5, 5.41) is 3.68. The number of para-hydroxylation sites is 1. The number of rotatable bonds is 7. The van der Waals surface area contributed by atoms with Gasteiger partial charge in [0.15, 0.2) is 0 Å². The SMILES string of the molecule is COc1ccccc1CC1(CNCC(C)C)CCCC1. The Morgan fingerprint density at radius 2 is 1.90 bits per heavy atom. The Hall–Kier alpha value is -1.02. The molecule has 1 saturated carbocycles. The average molecular weight is 275 g/mol. The van der Waals surface area contributed by atoms with Crippen LogP contribution in [0.25, 0.3) is 0 Å². The standard InChI is InChI=1S/C18H29NO/c1-15(2)13-19-14-18(10-6-7-11-18)12-16-8-4-5-9-17(16)20-3/h4-5,8-9,15,19H,6-7,10-14H2,1-3H3. The number of hydrogen-bond donors (Lipinski definition) is 1. The summed E-state index contributed by atoms with van der Waals surface area (Å²) in [5.74, 6) is 1.77. The molecule has 1 aliphatic rings. The van der Waals surface area contributed by atoms with E-state index < -0.39 is 0 Å². The molecule has 0 atom stereocenters. The van der Waals surface area contributed by atoms with Gasteiger partial charge in [-0.1, -0.05) is 44.9 Å². The Balaban J connectivity index is 2.04. The van der Waals surface area contributed by atoms with Gasteiger partial charge in [0.1, 0.15) is 5.75 Å². The Labute approximate surface area is 123 Å². The molecule has 0 aromatic heterocycles. The smallest absolute Gasteiger partial charge is 0.122 e. The summed E-state index contributed by atoms with van der Waals surface area (Å²) in [5.41, 5.74) is 1.80. The van der Waals surface area contributed by atoms with Gasteiger partial charge in [-0.3, -0.25) is 0 Å². The molecule has 1 N–H and O–H groups in total. The molecule has 20 heavy (non-hydrogen) atoms. The number of benzene rings is 1. The molecule has 112 valence electrons. The molecule has 2 nitrogen and oxygen atoms in total. The fourth-order valence-corrected chi connectivity index (χ4v) is 3.42. The van der Waals surface area contributed by atoms with E-state index in [1.165, 1.54) is 31.2 Å². The fourth-order valence-electron chi connectivity index (χ4n) is 3.42. The summed E-state index contributed by atoms with van der Waals surface area (Å²) < 4.78 is 5.52. The fraction of sp³-hybridized carbons (Fsp3) is 0.667. The van der Waals surface area contributed by atoms with Crippen molar-refractivity contribution in [1.82, 2.24) is 5.32 Å². The molecule has 2 rings (SSSR count). The molecule has 1 aromatic carbocycles. The molecule has 0 saturated heterocycles. The summed E-state index contributed by atoms with van der Waals surface area (Å²) in [7, 11) is 1.77. The Kier molecular flexibility index (Phi) is 5.47. The van der Waals surface area contributed by atoms with E-state index in [0.717, 1.165) is 31.2 Å². The van der Waals surface area contributed by atoms with Crippen LogP contribution in [-0.2, 0) is 6.42 Å². The largest absolute Gasteiger partial charge is 0.496 e. The number of methoxy groups -OCH3 is 1. The van der Waals surface area contributed by atoms with E-state index in [9.17, 15) is 0 Å². The molecule has 0 heterocycles. The molecule has 0 amide bonds. The highest BCUT2D eigenvalue weighted by molar-refractivity contribution is 5.34. The highest BCUT2D eigenvalue weighted by atomic mass is 16.5. The van der Waals surface area contributed by atoms with Crippen LogP contribution in [0, 0.1) is 11.3 Å². The average Bonchev–Trinajstić information content (AvgIpc) is 2.87. The van der Waals surface area contributed by atoms with Crippen molar-refractivity contribution in [2.45, 2.75) is 46.0 Å². The van der Waals surface area contributed by atoms with Crippen LogP contribution in [0.2, 0.25) is 0 Å². The van der Waals surface area contributed by atoms with E-state index in [1.54, 1.807) is 7.11 Å². The molecular weight excluding hydrogens is 246 g/mol. The quantitative estimate of drug-likeness (QED) is 0.811. The van der Waals surface area contributed by atoms with Crippen LogP contribution in [0.3, 0.4) is 0 Å². The first kappa shape index (κ1) is 15.4. The summed E-state index contributed by atoms with van der Waals surface area (Å²) in [4.78, 5) is 0. The highest BCUT2D eigenvalue weighted by Crippen LogP contribution is 2.41. The van der Waals surface area contributed by atoms with Gasteiger partial charge < -0.3 is 10.1 Å². The van der Waals surface area contributed by atoms with Gasteiger partial charge in [-0.25, -0.2) is 0 Å². The molecule has 0 aliphatic heterocycles. The Bertz CT molecular complexity index is 408. The first-order valence-corrected chi connectivity index (χ1v) is 7.98. The third kappa shape index (κ3) is 3.99. The summed E-state index contributed by atoms with van der Waals surface area (Å²) in [6.07, 6.45) is 6.57. The third-order valence-corrected chi connectivity index (χ3v) is 4.47. The summed E-state index contributed by atoms with van der Waals surface area (Å²) in [6, 6.07) is 8.49. The van der Waals surface area contributed by atoms with E-state index >= 15 is 0 Å². The van der Waals surface area contributed by atoms with Gasteiger partial charge in [0.25, 0.3) is 0 Å². The van der Waals surface area contributed by atoms with Crippen molar-refractivity contribution in [2.75, 3.05) is 20.2 Å². The molecule has 1 fully saturated rings. The zero-order valence-corrected chi connectivity index (χ0v) is 13.2. The molecule has 0 unspecified atom stereocenters. The number of hydrogen-bond acceptors (Lipinski definition) is 2. The van der Waals surface area contributed by atoms with E-state index in [0.29, 0.717) is 5.41 Å². The van der Waals surface area contributed by atoms with Gasteiger partial charge in [0, 0.05) is 6.54 Å². The van der Waals surface area contributed by atoms with Crippen molar-refractivity contribution in [3.8, 4) is 5.75 Å². The van der Waals surface area contributed by atoms with Gasteiger partial charge in [-0.15, -0.1) is 0 Å². The van der Waals surface area contributed by atoms with Gasteiger partial charge in [0.05, 0.1) is 7.11 Å². The summed E-state index contributed by atoms with van der Waals surface area (Å²) in [6.45, 7) is 6.81.